The molecule has 0 N–H and O–H groups in total. The third-order valence-electron chi connectivity index (χ3n) is 4.26. The van der Waals surface area contributed by atoms with Gasteiger partial charge in [-0.2, -0.15) is 0 Å². The first-order valence-electron chi connectivity index (χ1n) is 7.83. The van der Waals surface area contributed by atoms with Crippen LogP contribution in [0.25, 0.3) is 0 Å². The predicted octanol–water partition coefficient (Wildman–Crippen LogP) is 2.91. The molecule has 0 amide bonds. The van der Waals surface area contributed by atoms with Crippen LogP contribution in [-0.2, 0) is 23.0 Å². The Balaban J connectivity index is 1.90. The summed E-state index contributed by atoms with van der Waals surface area (Å²) in [6, 6.07) is 0. The van der Waals surface area contributed by atoms with E-state index >= 15 is 0 Å². The van der Waals surface area contributed by atoms with E-state index in [-0.39, 0.29) is 11.9 Å². The first-order chi connectivity index (χ1) is 9.72. The van der Waals surface area contributed by atoms with Gasteiger partial charge < -0.3 is 9.30 Å². The molecule has 0 aromatic carbocycles. The van der Waals surface area contributed by atoms with Gasteiger partial charge in [0.05, 0.1) is 0 Å². The molecule has 1 unspecified atom stereocenters. The van der Waals surface area contributed by atoms with E-state index in [0.717, 1.165) is 18.7 Å². The smallest absolute Gasteiger partial charge is 0.162 e. The SMILES string of the molecule is CCOC(C(=O)CCc1nccn1C)C1CCCCC1. The number of aromatic nitrogens is 2. The Morgan fingerprint density at radius 1 is 1.45 bits per heavy atom. The van der Waals surface area contributed by atoms with Crippen LogP contribution in [-0.4, -0.2) is 28.0 Å². The van der Waals surface area contributed by atoms with Crippen LogP contribution in [0.4, 0.5) is 0 Å². The van der Waals surface area contributed by atoms with Gasteiger partial charge in [-0.3, -0.25) is 4.79 Å². The summed E-state index contributed by atoms with van der Waals surface area (Å²) in [5, 5.41) is 0. The topological polar surface area (TPSA) is 44.1 Å². The largest absolute Gasteiger partial charge is 0.370 e. The predicted molar refractivity (Wildman–Crippen MR) is 78.5 cm³/mol. The Hall–Kier alpha value is -1.16. The van der Waals surface area contributed by atoms with Crippen molar-refractivity contribution in [3.63, 3.8) is 0 Å². The van der Waals surface area contributed by atoms with Gasteiger partial charge in [-0.15, -0.1) is 0 Å². The van der Waals surface area contributed by atoms with Gasteiger partial charge in [0.15, 0.2) is 5.78 Å². The average Bonchev–Trinajstić information content (AvgIpc) is 2.88. The van der Waals surface area contributed by atoms with Crippen molar-refractivity contribution in [2.45, 2.75) is 58.0 Å². The second-order valence-electron chi connectivity index (χ2n) is 5.69. The van der Waals surface area contributed by atoms with Crippen molar-refractivity contribution < 1.29 is 9.53 Å². The molecule has 0 bridgehead atoms. The quantitative estimate of drug-likeness (QED) is 0.770. The Morgan fingerprint density at radius 3 is 2.80 bits per heavy atom. The van der Waals surface area contributed by atoms with Crippen molar-refractivity contribution in [1.82, 2.24) is 9.55 Å². The van der Waals surface area contributed by atoms with Crippen LogP contribution in [0.2, 0.25) is 0 Å². The van der Waals surface area contributed by atoms with Gasteiger partial charge in [-0.05, 0) is 25.7 Å². The molecule has 1 saturated carbocycles. The van der Waals surface area contributed by atoms with Gasteiger partial charge in [-0.1, -0.05) is 19.3 Å². The van der Waals surface area contributed by atoms with Crippen LogP contribution in [0, 0.1) is 5.92 Å². The van der Waals surface area contributed by atoms with E-state index in [0.29, 0.717) is 25.4 Å². The van der Waals surface area contributed by atoms with Gasteiger partial charge >= 0.3 is 0 Å². The van der Waals surface area contributed by atoms with E-state index in [4.69, 9.17) is 4.74 Å². The minimum absolute atomic E-state index is 0.194. The molecule has 1 heterocycles. The second kappa shape index (κ2) is 7.58. The zero-order chi connectivity index (χ0) is 14.4. The lowest BCUT2D eigenvalue weighted by Crippen LogP contribution is -2.34. The normalized spacial score (nSPS) is 18.1. The molecule has 4 nitrogen and oxygen atoms in total. The third kappa shape index (κ3) is 3.92. The van der Waals surface area contributed by atoms with E-state index in [1.54, 1.807) is 6.20 Å². The van der Waals surface area contributed by atoms with Crippen LogP contribution in [0.5, 0.6) is 0 Å². The summed E-state index contributed by atoms with van der Waals surface area (Å²) >= 11 is 0. The van der Waals surface area contributed by atoms with Gasteiger partial charge in [0, 0.05) is 38.9 Å². The molecule has 1 aromatic heterocycles. The van der Waals surface area contributed by atoms with Gasteiger partial charge in [-0.25, -0.2) is 4.98 Å². The molecule has 1 aromatic rings. The molecule has 0 radical (unpaired) electrons. The van der Waals surface area contributed by atoms with Crippen molar-refractivity contribution in [1.29, 1.82) is 0 Å². The molecule has 4 heteroatoms. The molecule has 1 aliphatic carbocycles. The molecular formula is C16H26N2O2. The van der Waals surface area contributed by atoms with Crippen molar-refractivity contribution in [3.8, 4) is 0 Å². The van der Waals surface area contributed by atoms with E-state index < -0.39 is 0 Å². The molecule has 1 fully saturated rings. The summed E-state index contributed by atoms with van der Waals surface area (Å²) in [6.07, 6.45) is 10.8. The molecular weight excluding hydrogens is 252 g/mol. The van der Waals surface area contributed by atoms with Gasteiger partial charge in [0.2, 0.25) is 0 Å². The first kappa shape index (κ1) is 15.2. The fraction of sp³-hybridized carbons (Fsp3) is 0.750. The third-order valence-corrected chi connectivity index (χ3v) is 4.26. The molecule has 1 aliphatic rings. The first-order valence-corrected chi connectivity index (χ1v) is 7.83. The molecule has 0 aliphatic heterocycles. The zero-order valence-corrected chi connectivity index (χ0v) is 12.7. The Morgan fingerprint density at radius 2 is 2.20 bits per heavy atom. The van der Waals surface area contributed by atoms with Crippen molar-refractivity contribution in [2.75, 3.05) is 6.61 Å². The van der Waals surface area contributed by atoms with Crippen LogP contribution < -0.4 is 0 Å². The van der Waals surface area contributed by atoms with Gasteiger partial charge in [0.1, 0.15) is 11.9 Å². The summed E-state index contributed by atoms with van der Waals surface area (Å²) < 4.78 is 7.74. The molecule has 2 rings (SSSR count). The highest BCUT2D eigenvalue weighted by atomic mass is 16.5. The lowest BCUT2D eigenvalue weighted by Gasteiger charge is -2.29. The number of ketones is 1. The number of Topliss-reactive ketones (excluding diaryl/α,β-unsaturated/α-hetero) is 1. The summed E-state index contributed by atoms with van der Waals surface area (Å²) in [5.74, 6) is 1.65. The highest BCUT2D eigenvalue weighted by Crippen LogP contribution is 2.29. The summed E-state index contributed by atoms with van der Waals surface area (Å²) in [5.41, 5.74) is 0. The van der Waals surface area contributed by atoms with Crippen LogP contribution in [0.1, 0.15) is 51.3 Å². The van der Waals surface area contributed by atoms with E-state index in [1.165, 1.54) is 19.3 Å². The maximum absolute atomic E-state index is 12.5. The number of rotatable bonds is 7. The van der Waals surface area contributed by atoms with Crippen LogP contribution >= 0.6 is 0 Å². The fourth-order valence-corrected chi connectivity index (χ4v) is 3.12. The maximum atomic E-state index is 12.5. The molecule has 0 saturated heterocycles. The maximum Gasteiger partial charge on any atom is 0.162 e. The average molecular weight is 278 g/mol. The molecule has 112 valence electrons. The van der Waals surface area contributed by atoms with Crippen molar-refractivity contribution in [3.05, 3.63) is 18.2 Å². The number of imidazole rings is 1. The standard InChI is InChI=1S/C16H26N2O2/c1-3-20-16(13-7-5-4-6-8-13)14(19)9-10-15-17-11-12-18(15)2/h11-13,16H,3-10H2,1-2H3. The second-order valence-corrected chi connectivity index (χ2v) is 5.69. The zero-order valence-electron chi connectivity index (χ0n) is 12.7. The number of aryl methyl sites for hydroxylation is 2. The Labute approximate surface area is 121 Å². The number of ether oxygens (including phenoxy) is 1. The van der Waals surface area contributed by atoms with Gasteiger partial charge in [0.25, 0.3) is 0 Å². The number of nitrogens with zero attached hydrogens (tertiary/aromatic N) is 2. The number of hydrogen-bond acceptors (Lipinski definition) is 3. The van der Waals surface area contributed by atoms with E-state index in [1.807, 2.05) is 24.7 Å². The minimum atomic E-state index is -0.194. The van der Waals surface area contributed by atoms with Crippen molar-refractivity contribution >= 4 is 5.78 Å². The highest BCUT2D eigenvalue weighted by molar-refractivity contribution is 5.83. The monoisotopic (exact) mass is 278 g/mol. The lowest BCUT2D eigenvalue weighted by molar-refractivity contribution is -0.134. The summed E-state index contributed by atoms with van der Waals surface area (Å²) in [7, 11) is 1.97. The van der Waals surface area contributed by atoms with Crippen molar-refractivity contribution in [2.24, 2.45) is 13.0 Å². The van der Waals surface area contributed by atoms with Crippen LogP contribution in [0.15, 0.2) is 12.4 Å². The fourth-order valence-electron chi connectivity index (χ4n) is 3.12. The number of hydrogen-bond donors (Lipinski definition) is 0. The van der Waals surface area contributed by atoms with E-state index in [2.05, 4.69) is 4.98 Å². The summed E-state index contributed by atoms with van der Waals surface area (Å²) in [4.78, 5) is 16.8. The summed E-state index contributed by atoms with van der Waals surface area (Å²) in [6.45, 7) is 2.59. The minimum Gasteiger partial charge on any atom is -0.370 e. The Bertz CT molecular complexity index is 422. The van der Waals surface area contributed by atoms with Crippen LogP contribution in [0.3, 0.4) is 0 Å². The number of carbonyl (C=O) groups is 1. The lowest BCUT2D eigenvalue weighted by atomic mass is 9.83. The number of carbonyl (C=O) groups excluding carboxylic acids is 1. The molecule has 1 atom stereocenters. The highest BCUT2D eigenvalue weighted by Gasteiger charge is 2.29. The molecule has 20 heavy (non-hydrogen) atoms. The van der Waals surface area contributed by atoms with E-state index in [9.17, 15) is 4.79 Å². The molecule has 0 spiro atoms. The Kier molecular flexibility index (Phi) is 5.77.